The summed E-state index contributed by atoms with van der Waals surface area (Å²) < 4.78 is 20.0. The summed E-state index contributed by atoms with van der Waals surface area (Å²) in [6, 6.07) is 0. The summed E-state index contributed by atoms with van der Waals surface area (Å²) in [5.74, 6) is -1.22. The lowest BCUT2D eigenvalue weighted by Crippen LogP contribution is -2.40. The van der Waals surface area contributed by atoms with Gasteiger partial charge in [0.25, 0.3) is 0 Å². The summed E-state index contributed by atoms with van der Waals surface area (Å²) in [5.41, 5.74) is 0. The van der Waals surface area contributed by atoms with E-state index in [-0.39, 0.29) is 19.0 Å². The molecule has 0 spiro atoms. The van der Waals surface area contributed by atoms with Gasteiger partial charge in [0.15, 0.2) is 12.2 Å². The number of esters is 2. The van der Waals surface area contributed by atoms with Crippen molar-refractivity contribution >= 4 is 11.9 Å². The number of rotatable bonds is 4. The maximum absolute atomic E-state index is 11.6. The monoisotopic (exact) mass is 246 g/mol. The standard InChI is InChI=1S/C11H18O6/c1-6(2)16-10(12)8-9(15-5-14-8)11(13)17-7(3)4/h6-9H,5H2,1-4H3/t8-,9-/m1/s1. The van der Waals surface area contributed by atoms with Crippen LogP contribution in [0.5, 0.6) is 0 Å². The molecule has 6 nitrogen and oxygen atoms in total. The normalized spacial score (nSPS) is 24.1. The zero-order valence-corrected chi connectivity index (χ0v) is 10.5. The zero-order valence-electron chi connectivity index (χ0n) is 10.5. The van der Waals surface area contributed by atoms with Crippen LogP contribution in [0.3, 0.4) is 0 Å². The van der Waals surface area contributed by atoms with E-state index >= 15 is 0 Å². The third-order valence-corrected chi connectivity index (χ3v) is 1.94. The van der Waals surface area contributed by atoms with Crippen molar-refractivity contribution in [3.63, 3.8) is 0 Å². The van der Waals surface area contributed by atoms with E-state index < -0.39 is 24.1 Å². The summed E-state index contributed by atoms with van der Waals surface area (Å²) in [6.45, 7) is 6.75. The molecule has 1 rings (SSSR count). The van der Waals surface area contributed by atoms with Gasteiger partial charge in [0.05, 0.1) is 12.2 Å². The maximum atomic E-state index is 11.6. The van der Waals surface area contributed by atoms with E-state index in [0.717, 1.165) is 0 Å². The van der Waals surface area contributed by atoms with Gasteiger partial charge in [0.1, 0.15) is 6.79 Å². The Kier molecular flexibility index (Phi) is 4.89. The highest BCUT2D eigenvalue weighted by Crippen LogP contribution is 2.17. The molecular weight excluding hydrogens is 228 g/mol. The van der Waals surface area contributed by atoms with Crippen LogP contribution in [-0.4, -0.2) is 43.1 Å². The van der Waals surface area contributed by atoms with Gasteiger partial charge >= 0.3 is 11.9 Å². The van der Waals surface area contributed by atoms with Crippen molar-refractivity contribution in [1.29, 1.82) is 0 Å². The quantitative estimate of drug-likeness (QED) is 0.677. The first-order valence-corrected chi connectivity index (χ1v) is 5.56. The van der Waals surface area contributed by atoms with Crippen molar-refractivity contribution in [2.24, 2.45) is 0 Å². The molecule has 0 bridgehead atoms. The van der Waals surface area contributed by atoms with Gasteiger partial charge in [0, 0.05) is 0 Å². The molecule has 0 radical (unpaired) electrons. The zero-order chi connectivity index (χ0) is 13.0. The van der Waals surface area contributed by atoms with Gasteiger partial charge < -0.3 is 18.9 Å². The summed E-state index contributed by atoms with van der Waals surface area (Å²) in [4.78, 5) is 23.2. The van der Waals surface area contributed by atoms with Crippen LogP contribution in [-0.2, 0) is 28.5 Å². The number of ether oxygens (including phenoxy) is 4. The lowest BCUT2D eigenvalue weighted by atomic mass is 10.2. The fraction of sp³-hybridized carbons (Fsp3) is 0.818. The molecule has 0 aliphatic carbocycles. The van der Waals surface area contributed by atoms with Crippen LogP contribution in [0.4, 0.5) is 0 Å². The number of hydrogen-bond donors (Lipinski definition) is 0. The minimum absolute atomic E-state index is 0.115. The molecule has 0 unspecified atom stereocenters. The molecule has 1 saturated heterocycles. The topological polar surface area (TPSA) is 71.1 Å². The average molecular weight is 246 g/mol. The Bertz CT molecular complexity index is 258. The Morgan fingerprint density at radius 1 is 0.941 bits per heavy atom. The number of hydrogen-bond acceptors (Lipinski definition) is 6. The molecule has 0 aromatic heterocycles. The first-order chi connectivity index (χ1) is 7.91. The van der Waals surface area contributed by atoms with Gasteiger partial charge in [-0.05, 0) is 27.7 Å². The first kappa shape index (κ1) is 13.9. The molecule has 0 N–H and O–H groups in total. The van der Waals surface area contributed by atoms with E-state index in [1.165, 1.54) is 0 Å². The molecule has 1 aliphatic heterocycles. The van der Waals surface area contributed by atoms with Gasteiger partial charge in [-0.3, -0.25) is 0 Å². The van der Waals surface area contributed by atoms with E-state index in [1.54, 1.807) is 27.7 Å². The molecule has 0 aromatic carbocycles. The molecule has 1 fully saturated rings. The second kappa shape index (κ2) is 5.97. The van der Waals surface area contributed by atoms with E-state index in [4.69, 9.17) is 18.9 Å². The molecule has 1 aliphatic rings. The maximum Gasteiger partial charge on any atom is 0.339 e. The Morgan fingerprint density at radius 2 is 1.29 bits per heavy atom. The highest BCUT2D eigenvalue weighted by atomic mass is 16.7. The molecule has 6 heteroatoms. The molecule has 2 atom stereocenters. The fourth-order valence-corrected chi connectivity index (χ4v) is 1.34. The van der Waals surface area contributed by atoms with Crippen LogP contribution >= 0.6 is 0 Å². The highest BCUT2D eigenvalue weighted by Gasteiger charge is 2.43. The molecule has 0 saturated carbocycles. The number of carbonyl (C=O) groups excluding carboxylic acids is 2. The molecule has 17 heavy (non-hydrogen) atoms. The van der Waals surface area contributed by atoms with Gasteiger partial charge in [0.2, 0.25) is 0 Å². The summed E-state index contributed by atoms with van der Waals surface area (Å²) >= 11 is 0. The highest BCUT2D eigenvalue weighted by molar-refractivity contribution is 5.86. The second-order valence-electron chi connectivity index (χ2n) is 4.26. The lowest BCUT2D eigenvalue weighted by molar-refractivity contribution is -0.167. The molecular formula is C11H18O6. The smallest absolute Gasteiger partial charge is 0.339 e. The minimum Gasteiger partial charge on any atom is -0.461 e. The van der Waals surface area contributed by atoms with Crippen molar-refractivity contribution in [3.8, 4) is 0 Å². The van der Waals surface area contributed by atoms with Crippen LogP contribution in [0.1, 0.15) is 27.7 Å². The van der Waals surface area contributed by atoms with Gasteiger partial charge in [-0.1, -0.05) is 0 Å². The third kappa shape index (κ3) is 3.98. The molecule has 98 valence electrons. The van der Waals surface area contributed by atoms with Crippen LogP contribution in [0.15, 0.2) is 0 Å². The molecule has 0 amide bonds. The van der Waals surface area contributed by atoms with Crippen molar-refractivity contribution in [2.75, 3.05) is 6.79 Å². The molecule has 1 heterocycles. The van der Waals surface area contributed by atoms with Gasteiger partial charge in [-0.15, -0.1) is 0 Å². The summed E-state index contributed by atoms with van der Waals surface area (Å²) in [7, 11) is 0. The SMILES string of the molecule is CC(C)OC(=O)[C@@H]1OCO[C@H]1C(=O)OC(C)C. The van der Waals surface area contributed by atoms with E-state index in [9.17, 15) is 9.59 Å². The van der Waals surface area contributed by atoms with Crippen molar-refractivity contribution in [1.82, 2.24) is 0 Å². The minimum atomic E-state index is -1.04. The van der Waals surface area contributed by atoms with Crippen molar-refractivity contribution in [2.45, 2.75) is 52.1 Å². The van der Waals surface area contributed by atoms with E-state index in [0.29, 0.717) is 0 Å². The first-order valence-electron chi connectivity index (χ1n) is 5.56. The van der Waals surface area contributed by atoms with Gasteiger partial charge in [-0.2, -0.15) is 0 Å². The van der Waals surface area contributed by atoms with Crippen LogP contribution in [0.2, 0.25) is 0 Å². The van der Waals surface area contributed by atoms with E-state index in [1.807, 2.05) is 0 Å². The Labute approximate surface area is 100 Å². The largest absolute Gasteiger partial charge is 0.461 e. The Balaban J connectivity index is 2.59. The van der Waals surface area contributed by atoms with Crippen LogP contribution in [0.25, 0.3) is 0 Å². The fourth-order valence-electron chi connectivity index (χ4n) is 1.34. The lowest BCUT2D eigenvalue weighted by Gasteiger charge is -2.17. The van der Waals surface area contributed by atoms with Crippen molar-refractivity contribution < 1.29 is 28.5 Å². The van der Waals surface area contributed by atoms with E-state index in [2.05, 4.69) is 0 Å². The summed E-state index contributed by atoms with van der Waals surface area (Å²) in [5, 5.41) is 0. The number of carbonyl (C=O) groups is 2. The predicted molar refractivity (Wildman–Crippen MR) is 57.1 cm³/mol. The van der Waals surface area contributed by atoms with Crippen molar-refractivity contribution in [3.05, 3.63) is 0 Å². The average Bonchev–Trinajstić information content (AvgIpc) is 2.63. The third-order valence-electron chi connectivity index (χ3n) is 1.94. The summed E-state index contributed by atoms with van der Waals surface area (Å²) in [6.07, 6.45) is -2.62. The second-order valence-corrected chi connectivity index (χ2v) is 4.26. The van der Waals surface area contributed by atoms with Crippen LogP contribution in [0, 0.1) is 0 Å². The molecule has 0 aromatic rings. The van der Waals surface area contributed by atoms with Crippen LogP contribution < -0.4 is 0 Å². The predicted octanol–water partition coefficient (Wildman–Crippen LogP) is 0.631. The Morgan fingerprint density at radius 3 is 1.59 bits per heavy atom. The Hall–Kier alpha value is -1.14. The van der Waals surface area contributed by atoms with Gasteiger partial charge in [-0.25, -0.2) is 9.59 Å².